The second kappa shape index (κ2) is 7.55. The van der Waals surface area contributed by atoms with Crippen LogP contribution in [0.5, 0.6) is 0 Å². The minimum atomic E-state index is 0.742. The molecule has 10 rings (SSSR count). The molecule has 5 heterocycles. The highest BCUT2D eigenvalue weighted by Gasteiger charge is 2.25. The number of imidazole rings is 1. The number of fused-ring (bicyclic) bond motifs is 14. The molecule has 4 aromatic carbocycles. The van der Waals surface area contributed by atoms with Gasteiger partial charge in [0.1, 0.15) is 11.3 Å². The molecule has 0 spiro atoms. The molecule has 0 saturated carbocycles. The van der Waals surface area contributed by atoms with Gasteiger partial charge >= 0.3 is 0 Å². The largest absolute Gasteiger partial charge is 0.309 e. The van der Waals surface area contributed by atoms with Crippen LogP contribution in [0.3, 0.4) is 0 Å². The molecule has 0 aliphatic heterocycles. The van der Waals surface area contributed by atoms with E-state index in [-0.39, 0.29) is 0 Å². The molecule has 0 unspecified atom stereocenters. The van der Waals surface area contributed by atoms with Crippen LogP contribution in [-0.4, -0.2) is 23.9 Å². The average Bonchev–Trinajstić information content (AvgIpc) is 3.69. The first-order chi connectivity index (χ1) is 20.3. The predicted octanol–water partition coefficient (Wildman–Crippen LogP) is 8.25. The lowest BCUT2D eigenvalue weighted by Gasteiger charge is -2.11. The molecular formula is C36H21N5. The molecule has 0 atom stereocenters. The maximum Gasteiger partial charge on any atom is 0.178 e. The molecule has 0 fully saturated rings. The zero-order valence-corrected chi connectivity index (χ0v) is 21.9. The van der Waals surface area contributed by atoms with E-state index in [1.807, 2.05) is 18.3 Å². The van der Waals surface area contributed by atoms with Crippen LogP contribution in [0, 0.1) is 0 Å². The van der Waals surface area contributed by atoms with Crippen LogP contribution in [0.25, 0.3) is 77.2 Å². The molecule has 0 radical (unpaired) electrons. The summed E-state index contributed by atoms with van der Waals surface area (Å²) in [6.45, 7) is 0. The van der Waals surface area contributed by atoms with Crippen LogP contribution < -0.4 is 0 Å². The molecule has 190 valence electrons. The third-order valence-electron chi connectivity index (χ3n) is 8.79. The lowest BCUT2D eigenvalue weighted by Crippen LogP contribution is -1.95. The van der Waals surface area contributed by atoms with E-state index >= 15 is 0 Å². The number of pyridine rings is 3. The normalized spacial score (nSPS) is 12.8. The Morgan fingerprint density at radius 1 is 0.512 bits per heavy atom. The van der Waals surface area contributed by atoms with E-state index < -0.39 is 0 Å². The topological polar surface area (TPSA) is 48.0 Å². The maximum absolute atomic E-state index is 4.99. The number of hydrogen-bond donors (Lipinski definition) is 0. The Labute approximate surface area is 234 Å². The van der Waals surface area contributed by atoms with Crippen LogP contribution in [-0.2, 0) is 6.42 Å². The summed E-state index contributed by atoms with van der Waals surface area (Å²) >= 11 is 0. The van der Waals surface area contributed by atoms with Crippen molar-refractivity contribution >= 4 is 60.4 Å². The van der Waals surface area contributed by atoms with Crippen LogP contribution in [0.4, 0.5) is 0 Å². The second-order valence-electron chi connectivity index (χ2n) is 10.9. The van der Waals surface area contributed by atoms with Gasteiger partial charge in [0.25, 0.3) is 0 Å². The fourth-order valence-corrected chi connectivity index (χ4v) is 7.06. The van der Waals surface area contributed by atoms with Crippen molar-refractivity contribution in [2.75, 3.05) is 0 Å². The summed E-state index contributed by atoms with van der Waals surface area (Å²) in [5.41, 5.74) is 12.5. The molecule has 5 aromatic heterocycles. The van der Waals surface area contributed by atoms with E-state index in [1.54, 1.807) is 6.20 Å². The van der Waals surface area contributed by atoms with Gasteiger partial charge in [-0.1, -0.05) is 36.4 Å². The second-order valence-corrected chi connectivity index (χ2v) is 10.9. The Kier molecular flexibility index (Phi) is 3.92. The van der Waals surface area contributed by atoms with Gasteiger partial charge in [0.05, 0.1) is 16.6 Å². The molecule has 0 amide bonds. The first-order valence-corrected chi connectivity index (χ1v) is 13.9. The van der Waals surface area contributed by atoms with E-state index in [0.717, 1.165) is 39.7 Å². The van der Waals surface area contributed by atoms with Gasteiger partial charge in [-0.15, -0.1) is 0 Å². The van der Waals surface area contributed by atoms with Crippen molar-refractivity contribution < 1.29 is 0 Å². The zero-order valence-electron chi connectivity index (χ0n) is 21.9. The summed E-state index contributed by atoms with van der Waals surface area (Å²) in [7, 11) is 0. The molecule has 1 aliphatic rings. The number of nitrogens with zero attached hydrogens (tertiary/aromatic N) is 5. The molecule has 1 aliphatic carbocycles. The van der Waals surface area contributed by atoms with Crippen LogP contribution in [0.1, 0.15) is 11.1 Å². The van der Waals surface area contributed by atoms with Crippen molar-refractivity contribution in [2.24, 2.45) is 0 Å². The molecule has 5 nitrogen and oxygen atoms in total. The Morgan fingerprint density at radius 2 is 1.24 bits per heavy atom. The Balaban J connectivity index is 1.30. The third-order valence-corrected chi connectivity index (χ3v) is 8.79. The van der Waals surface area contributed by atoms with Gasteiger partial charge in [-0.25, -0.2) is 15.0 Å². The summed E-state index contributed by atoms with van der Waals surface area (Å²) in [6, 6.07) is 37.2. The minimum Gasteiger partial charge on any atom is -0.309 e. The average molecular weight is 524 g/mol. The van der Waals surface area contributed by atoms with E-state index in [9.17, 15) is 0 Å². The van der Waals surface area contributed by atoms with Crippen molar-refractivity contribution in [3.63, 3.8) is 0 Å². The number of hydrogen-bond acceptors (Lipinski definition) is 3. The lowest BCUT2D eigenvalue weighted by molar-refractivity contribution is 1.17. The molecule has 0 saturated heterocycles. The Hall–Kier alpha value is -5.55. The third kappa shape index (κ3) is 2.72. The summed E-state index contributed by atoms with van der Waals surface area (Å²) in [6.07, 6.45) is 4.55. The predicted molar refractivity (Wildman–Crippen MR) is 166 cm³/mol. The van der Waals surface area contributed by atoms with Gasteiger partial charge in [0.2, 0.25) is 0 Å². The minimum absolute atomic E-state index is 0.742. The molecule has 9 aromatic rings. The van der Waals surface area contributed by atoms with E-state index in [0.29, 0.717) is 0 Å². The molecule has 0 N–H and O–H groups in total. The lowest BCUT2D eigenvalue weighted by atomic mass is 9.98. The fourth-order valence-electron chi connectivity index (χ4n) is 7.06. The molecular weight excluding hydrogens is 502 g/mol. The molecule has 5 heteroatoms. The fraction of sp³-hybridized carbons (Fsp3) is 0.0278. The SMILES string of the molecule is c1ccc(-n2c3ccccc3c3cc4c(cc32)Cc2cc3c(cc2-4)c2cccnc2n2c4cccnc4nc32)cc1. The number of para-hydroxylation sites is 2. The van der Waals surface area contributed by atoms with Gasteiger partial charge in [-0.3, -0.25) is 4.40 Å². The van der Waals surface area contributed by atoms with Crippen LogP contribution >= 0.6 is 0 Å². The van der Waals surface area contributed by atoms with Gasteiger partial charge in [-0.2, -0.15) is 0 Å². The highest BCUT2D eigenvalue weighted by molar-refractivity contribution is 6.16. The first-order valence-electron chi connectivity index (χ1n) is 13.9. The zero-order chi connectivity index (χ0) is 26.7. The van der Waals surface area contributed by atoms with Gasteiger partial charge in [0, 0.05) is 39.6 Å². The molecule has 0 bridgehead atoms. The number of benzene rings is 4. The van der Waals surface area contributed by atoms with Crippen molar-refractivity contribution in [2.45, 2.75) is 6.42 Å². The van der Waals surface area contributed by atoms with Gasteiger partial charge < -0.3 is 4.57 Å². The summed E-state index contributed by atoms with van der Waals surface area (Å²) in [5.74, 6) is 0. The summed E-state index contributed by atoms with van der Waals surface area (Å²) < 4.78 is 4.56. The number of rotatable bonds is 1. The number of aromatic nitrogens is 5. The Morgan fingerprint density at radius 3 is 2.17 bits per heavy atom. The summed E-state index contributed by atoms with van der Waals surface area (Å²) in [5, 5.41) is 5.99. The van der Waals surface area contributed by atoms with Crippen molar-refractivity contribution in [3.05, 3.63) is 127 Å². The standard InChI is InChI=1S/C36H21N5/c1-2-8-23(9-3-1)40-31-12-5-4-10-24(31)29-20-27-22(18-33(29)40)16-21-17-30-28(19-26(21)27)25-11-6-15-38-35(25)41-32-13-7-14-37-34(32)39-36(30)41/h1-15,17-20H,16H2. The smallest absolute Gasteiger partial charge is 0.178 e. The monoisotopic (exact) mass is 523 g/mol. The highest BCUT2D eigenvalue weighted by atomic mass is 15.1. The van der Waals surface area contributed by atoms with Gasteiger partial charge in [-0.05, 0) is 101 Å². The van der Waals surface area contributed by atoms with E-state index in [4.69, 9.17) is 9.97 Å². The molecule has 41 heavy (non-hydrogen) atoms. The first kappa shape index (κ1) is 21.3. The highest BCUT2D eigenvalue weighted by Crippen LogP contribution is 2.45. The van der Waals surface area contributed by atoms with Crippen LogP contribution in [0.15, 0.2) is 116 Å². The van der Waals surface area contributed by atoms with Crippen LogP contribution in [0.2, 0.25) is 0 Å². The van der Waals surface area contributed by atoms with Crippen molar-refractivity contribution in [1.29, 1.82) is 0 Å². The Bertz CT molecular complexity index is 2550. The van der Waals surface area contributed by atoms with E-state index in [2.05, 4.69) is 105 Å². The summed E-state index contributed by atoms with van der Waals surface area (Å²) in [4.78, 5) is 14.4. The van der Waals surface area contributed by atoms with Crippen molar-refractivity contribution in [3.8, 4) is 16.8 Å². The van der Waals surface area contributed by atoms with E-state index in [1.165, 1.54) is 55.1 Å². The quantitative estimate of drug-likeness (QED) is 0.204. The maximum atomic E-state index is 4.99. The van der Waals surface area contributed by atoms with Gasteiger partial charge in [0.15, 0.2) is 5.65 Å². The van der Waals surface area contributed by atoms with Crippen molar-refractivity contribution in [1.82, 2.24) is 23.9 Å².